The third kappa shape index (κ3) is 4.17. The fourth-order valence-electron chi connectivity index (χ4n) is 1.65. The largest absolute Gasteiger partial charge is 0.313 e. The lowest BCUT2D eigenvalue weighted by molar-refractivity contribution is 0.573. The summed E-state index contributed by atoms with van der Waals surface area (Å²) in [4.78, 5) is 0. The molecule has 4 heteroatoms. The molecule has 0 aromatic heterocycles. The normalized spacial score (nSPS) is 12.8. The Morgan fingerprint density at radius 3 is 2.75 bits per heavy atom. The quantitative estimate of drug-likeness (QED) is 0.847. The van der Waals surface area contributed by atoms with Crippen molar-refractivity contribution < 1.29 is 0 Å². The van der Waals surface area contributed by atoms with Crippen LogP contribution in [0.1, 0.15) is 12.5 Å². The van der Waals surface area contributed by atoms with E-state index >= 15 is 0 Å². The van der Waals surface area contributed by atoms with E-state index in [2.05, 4.69) is 18.5 Å². The summed E-state index contributed by atoms with van der Waals surface area (Å²) in [5.74, 6) is 1.08. The molecule has 1 aromatic carbocycles. The van der Waals surface area contributed by atoms with Gasteiger partial charge in [0.05, 0.1) is 10.0 Å². The Morgan fingerprint density at radius 1 is 1.38 bits per heavy atom. The van der Waals surface area contributed by atoms with Crippen molar-refractivity contribution in [2.24, 2.45) is 0 Å². The number of likely N-dealkylation sites (N-methyl/N-ethyl adjacent to an activating group) is 1. The smallest absolute Gasteiger partial charge is 0.0624 e. The molecular formula is C12H17Cl2NS. The molecule has 1 nitrogen and oxygen atoms in total. The molecule has 0 spiro atoms. The molecule has 0 saturated carbocycles. The second-order valence-electron chi connectivity index (χ2n) is 3.63. The third-order valence-electron chi connectivity index (χ3n) is 2.36. The van der Waals surface area contributed by atoms with Crippen LogP contribution < -0.4 is 5.32 Å². The maximum absolute atomic E-state index is 6.17. The zero-order chi connectivity index (χ0) is 12.0. The van der Waals surface area contributed by atoms with E-state index in [4.69, 9.17) is 23.2 Å². The lowest BCUT2D eigenvalue weighted by atomic mass is 10.1. The summed E-state index contributed by atoms with van der Waals surface area (Å²) in [5, 5.41) is 4.78. The minimum absolute atomic E-state index is 0.455. The Balaban J connectivity index is 2.72. The molecule has 1 N–H and O–H groups in total. The molecule has 1 aromatic rings. The molecule has 1 rings (SSSR count). The first kappa shape index (κ1) is 14.2. The average Bonchev–Trinajstić information content (AvgIpc) is 2.25. The molecule has 0 aliphatic heterocycles. The number of hydrogen-bond acceptors (Lipinski definition) is 2. The predicted molar refractivity (Wildman–Crippen MR) is 76.0 cm³/mol. The van der Waals surface area contributed by atoms with E-state index in [1.807, 2.05) is 30.0 Å². The van der Waals surface area contributed by atoms with Gasteiger partial charge in [0.2, 0.25) is 0 Å². The molecular weight excluding hydrogens is 261 g/mol. The Morgan fingerprint density at radius 2 is 2.12 bits per heavy atom. The molecule has 0 heterocycles. The van der Waals surface area contributed by atoms with Gasteiger partial charge < -0.3 is 5.32 Å². The standard InChI is InChI=1S/C12H17Cl2NS/c1-3-15-10(8-16-2)7-9-5-4-6-11(13)12(9)14/h4-6,10,15H,3,7-8H2,1-2H3. The highest BCUT2D eigenvalue weighted by molar-refractivity contribution is 7.98. The van der Waals surface area contributed by atoms with Crippen LogP contribution in [0.15, 0.2) is 18.2 Å². The molecule has 1 unspecified atom stereocenters. The van der Waals surface area contributed by atoms with Gasteiger partial charge in [-0.05, 0) is 30.9 Å². The fraction of sp³-hybridized carbons (Fsp3) is 0.500. The van der Waals surface area contributed by atoms with Crippen LogP contribution >= 0.6 is 35.0 Å². The highest BCUT2D eigenvalue weighted by Gasteiger charge is 2.11. The van der Waals surface area contributed by atoms with Crippen molar-refractivity contribution in [2.45, 2.75) is 19.4 Å². The van der Waals surface area contributed by atoms with E-state index in [1.54, 1.807) is 0 Å². The Kier molecular flexibility index (Phi) is 6.59. The van der Waals surface area contributed by atoms with Crippen LogP contribution in [0.25, 0.3) is 0 Å². The minimum Gasteiger partial charge on any atom is -0.313 e. The summed E-state index contributed by atoms with van der Waals surface area (Å²) in [6.07, 6.45) is 3.04. The van der Waals surface area contributed by atoms with E-state index in [-0.39, 0.29) is 0 Å². The number of benzene rings is 1. The van der Waals surface area contributed by atoms with E-state index in [0.717, 1.165) is 24.3 Å². The second kappa shape index (κ2) is 7.44. The first-order chi connectivity index (χ1) is 7.69. The minimum atomic E-state index is 0.455. The zero-order valence-corrected chi connectivity index (χ0v) is 11.9. The van der Waals surface area contributed by atoms with Crippen molar-refractivity contribution in [3.63, 3.8) is 0 Å². The van der Waals surface area contributed by atoms with Crippen molar-refractivity contribution in [3.05, 3.63) is 33.8 Å². The fourth-order valence-corrected chi connectivity index (χ4v) is 2.69. The lowest BCUT2D eigenvalue weighted by Gasteiger charge is -2.17. The van der Waals surface area contributed by atoms with Crippen molar-refractivity contribution >= 4 is 35.0 Å². The summed E-state index contributed by atoms with van der Waals surface area (Å²) >= 11 is 14.0. The SMILES string of the molecule is CCNC(CSC)Cc1cccc(Cl)c1Cl. The summed E-state index contributed by atoms with van der Waals surface area (Å²) < 4.78 is 0. The maximum atomic E-state index is 6.17. The Hall–Kier alpha value is 0.110. The number of rotatable bonds is 6. The van der Waals surface area contributed by atoms with Gasteiger partial charge in [0, 0.05) is 11.8 Å². The van der Waals surface area contributed by atoms with Gasteiger partial charge in [-0.3, -0.25) is 0 Å². The topological polar surface area (TPSA) is 12.0 Å². The molecule has 90 valence electrons. The van der Waals surface area contributed by atoms with Crippen molar-refractivity contribution in [2.75, 3.05) is 18.6 Å². The van der Waals surface area contributed by atoms with Crippen LogP contribution in [0.3, 0.4) is 0 Å². The van der Waals surface area contributed by atoms with Gasteiger partial charge in [-0.25, -0.2) is 0 Å². The predicted octanol–water partition coefficient (Wildman–Crippen LogP) is 3.88. The van der Waals surface area contributed by atoms with Gasteiger partial charge in [0.15, 0.2) is 0 Å². The molecule has 0 aliphatic carbocycles. The summed E-state index contributed by atoms with van der Waals surface area (Å²) in [6, 6.07) is 6.27. The van der Waals surface area contributed by atoms with Gasteiger partial charge in [-0.15, -0.1) is 0 Å². The zero-order valence-electron chi connectivity index (χ0n) is 9.59. The molecule has 0 bridgehead atoms. The summed E-state index contributed by atoms with van der Waals surface area (Å²) in [7, 11) is 0. The van der Waals surface area contributed by atoms with Crippen LogP contribution in [0.4, 0.5) is 0 Å². The molecule has 16 heavy (non-hydrogen) atoms. The van der Waals surface area contributed by atoms with Crippen molar-refractivity contribution in [1.82, 2.24) is 5.32 Å². The van der Waals surface area contributed by atoms with Crippen LogP contribution in [0, 0.1) is 0 Å². The molecule has 0 radical (unpaired) electrons. The number of halogens is 2. The van der Waals surface area contributed by atoms with Crippen molar-refractivity contribution in [1.29, 1.82) is 0 Å². The molecule has 0 aliphatic rings. The van der Waals surface area contributed by atoms with Gasteiger partial charge in [0.25, 0.3) is 0 Å². The Bertz CT molecular complexity index is 325. The van der Waals surface area contributed by atoms with Crippen LogP contribution in [0.5, 0.6) is 0 Å². The summed E-state index contributed by atoms with van der Waals surface area (Å²) in [5.41, 5.74) is 1.12. The first-order valence-electron chi connectivity index (χ1n) is 5.34. The van der Waals surface area contributed by atoms with E-state index < -0.39 is 0 Å². The lowest BCUT2D eigenvalue weighted by Crippen LogP contribution is -2.33. The average molecular weight is 278 g/mol. The number of thioether (sulfide) groups is 1. The van der Waals surface area contributed by atoms with Crippen LogP contribution in [-0.4, -0.2) is 24.6 Å². The van der Waals surface area contributed by atoms with Crippen LogP contribution in [-0.2, 0) is 6.42 Å². The van der Waals surface area contributed by atoms with E-state index in [1.165, 1.54) is 0 Å². The highest BCUT2D eigenvalue weighted by Crippen LogP contribution is 2.26. The third-order valence-corrected chi connectivity index (χ3v) is 3.95. The molecule has 0 fully saturated rings. The van der Waals surface area contributed by atoms with E-state index in [9.17, 15) is 0 Å². The summed E-state index contributed by atoms with van der Waals surface area (Å²) in [6.45, 7) is 3.09. The Labute approximate surface area is 112 Å². The van der Waals surface area contributed by atoms with Crippen LogP contribution in [0.2, 0.25) is 10.0 Å². The highest BCUT2D eigenvalue weighted by atomic mass is 35.5. The molecule has 0 amide bonds. The number of nitrogens with one attached hydrogen (secondary N) is 1. The van der Waals surface area contributed by atoms with Gasteiger partial charge in [-0.2, -0.15) is 11.8 Å². The first-order valence-corrected chi connectivity index (χ1v) is 7.49. The molecule has 0 saturated heterocycles. The van der Waals surface area contributed by atoms with Gasteiger partial charge in [-0.1, -0.05) is 42.3 Å². The monoisotopic (exact) mass is 277 g/mol. The molecule has 1 atom stereocenters. The number of hydrogen-bond donors (Lipinski definition) is 1. The second-order valence-corrected chi connectivity index (χ2v) is 5.32. The maximum Gasteiger partial charge on any atom is 0.0624 e. The van der Waals surface area contributed by atoms with Gasteiger partial charge in [0.1, 0.15) is 0 Å². The van der Waals surface area contributed by atoms with Crippen molar-refractivity contribution in [3.8, 4) is 0 Å². The van der Waals surface area contributed by atoms with E-state index in [0.29, 0.717) is 16.1 Å². The van der Waals surface area contributed by atoms with Gasteiger partial charge >= 0.3 is 0 Å².